The van der Waals surface area contributed by atoms with Gasteiger partial charge in [-0.05, 0) is 30.5 Å². The molecule has 1 aromatic heterocycles. The van der Waals surface area contributed by atoms with E-state index in [0.717, 1.165) is 24.9 Å². The van der Waals surface area contributed by atoms with Crippen molar-refractivity contribution >= 4 is 16.8 Å². The molecule has 1 atom stereocenters. The van der Waals surface area contributed by atoms with Gasteiger partial charge in [0.05, 0.1) is 16.9 Å². The largest absolute Gasteiger partial charge is 0.336 e. The first-order valence-corrected chi connectivity index (χ1v) is 9.21. The molecular formula is C21H21N3O3. The molecule has 1 saturated heterocycles. The number of amides is 1. The van der Waals surface area contributed by atoms with E-state index in [4.69, 9.17) is 0 Å². The zero-order chi connectivity index (χ0) is 18.8. The molecule has 0 aliphatic carbocycles. The highest BCUT2D eigenvalue weighted by atomic mass is 16.2. The molecule has 3 aromatic rings. The molecule has 27 heavy (non-hydrogen) atoms. The van der Waals surface area contributed by atoms with E-state index in [-0.39, 0.29) is 24.9 Å². The van der Waals surface area contributed by atoms with Gasteiger partial charge in [0, 0.05) is 19.5 Å². The molecule has 1 aliphatic rings. The van der Waals surface area contributed by atoms with Crippen LogP contribution in [0.15, 0.2) is 64.2 Å². The van der Waals surface area contributed by atoms with Gasteiger partial charge in [-0.2, -0.15) is 0 Å². The van der Waals surface area contributed by atoms with Crippen molar-refractivity contribution in [2.24, 2.45) is 0 Å². The summed E-state index contributed by atoms with van der Waals surface area (Å²) in [6.07, 6.45) is 2.16. The number of rotatable bonds is 4. The van der Waals surface area contributed by atoms with Gasteiger partial charge in [0.2, 0.25) is 5.91 Å². The number of hydrogen-bond donors (Lipinski definition) is 1. The first-order chi connectivity index (χ1) is 13.1. The second-order valence-corrected chi connectivity index (χ2v) is 6.83. The van der Waals surface area contributed by atoms with Crippen LogP contribution in [0.4, 0.5) is 0 Å². The zero-order valence-corrected chi connectivity index (χ0v) is 14.9. The van der Waals surface area contributed by atoms with Crippen LogP contribution in [0, 0.1) is 0 Å². The molecule has 138 valence electrons. The van der Waals surface area contributed by atoms with E-state index in [0.29, 0.717) is 10.9 Å². The number of H-pyrrole nitrogens is 1. The molecule has 2 aromatic carbocycles. The number of nitrogens with zero attached hydrogens (tertiary/aromatic N) is 2. The Balaban J connectivity index is 1.56. The van der Waals surface area contributed by atoms with Gasteiger partial charge < -0.3 is 4.90 Å². The zero-order valence-electron chi connectivity index (χ0n) is 14.9. The summed E-state index contributed by atoms with van der Waals surface area (Å²) in [7, 11) is 0. The van der Waals surface area contributed by atoms with E-state index in [1.54, 1.807) is 24.3 Å². The summed E-state index contributed by atoms with van der Waals surface area (Å²) in [6.45, 7) is 0.979. The summed E-state index contributed by atoms with van der Waals surface area (Å²) < 4.78 is 1.47. The van der Waals surface area contributed by atoms with E-state index >= 15 is 0 Å². The van der Waals surface area contributed by atoms with Crippen molar-refractivity contribution in [1.82, 2.24) is 14.5 Å². The number of benzene rings is 2. The Morgan fingerprint density at radius 2 is 1.78 bits per heavy atom. The van der Waals surface area contributed by atoms with Crippen molar-refractivity contribution < 1.29 is 4.79 Å². The topological polar surface area (TPSA) is 75.2 Å². The van der Waals surface area contributed by atoms with Gasteiger partial charge in [0.15, 0.2) is 0 Å². The predicted molar refractivity (Wildman–Crippen MR) is 104 cm³/mol. The molecule has 1 fully saturated rings. The van der Waals surface area contributed by atoms with Gasteiger partial charge in [-0.15, -0.1) is 0 Å². The predicted octanol–water partition coefficient (Wildman–Crippen LogP) is 2.44. The molecule has 1 N–H and O–H groups in total. The third-order valence-corrected chi connectivity index (χ3v) is 5.21. The molecule has 6 heteroatoms. The number of carbonyl (C=O) groups excluding carboxylic acids is 1. The minimum atomic E-state index is -0.479. The quantitative estimate of drug-likeness (QED) is 0.774. The summed E-state index contributed by atoms with van der Waals surface area (Å²) >= 11 is 0. The molecule has 4 rings (SSSR count). The highest BCUT2D eigenvalue weighted by Gasteiger charge is 2.29. The van der Waals surface area contributed by atoms with Gasteiger partial charge in [0.25, 0.3) is 5.56 Å². The number of nitrogens with one attached hydrogen (secondary N) is 1. The summed E-state index contributed by atoms with van der Waals surface area (Å²) in [5, 5.41) is 0.452. The van der Waals surface area contributed by atoms with Crippen LogP contribution in [-0.2, 0) is 11.3 Å². The minimum absolute atomic E-state index is 0.0311. The fourth-order valence-corrected chi connectivity index (χ4v) is 3.90. The lowest BCUT2D eigenvalue weighted by Crippen LogP contribution is -2.34. The van der Waals surface area contributed by atoms with Crippen LogP contribution in [0.5, 0.6) is 0 Å². The molecule has 1 unspecified atom stereocenters. The number of para-hydroxylation sites is 1. The third kappa shape index (κ3) is 3.30. The number of aryl methyl sites for hydroxylation is 1. The highest BCUT2D eigenvalue weighted by Crippen LogP contribution is 2.32. The Hall–Kier alpha value is -3.15. The van der Waals surface area contributed by atoms with Crippen molar-refractivity contribution in [2.45, 2.75) is 31.8 Å². The van der Waals surface area contributed by atoms with Crippen LogP contribution in [0.2, 0.25) is 0 Å². The summed E-state index contributed by atoms with van der Waals surface area (Å²) in [6, 6.07) is 17.1. The first kappa shape index (κ1) is 17.3. The Morgan fingerprint density at radius 1 is 1.04 bits per heavy atom. The Labute approximate surface area is 156 Å². The van der Waals surface area contributed by atoms with Crippen LogP contribution in [-0.4, -0.2) is 26.9 Å². The second kappa shape index (κ2) is 7.23. The first-order valence-electron chi connectivity index (χ1n) is 9.21. The Morgan fingerprint density at radius 3 is 2.59 bits per heavy atom. The molecule has 6 nitrogen and oxygen atoms in total. The molecule has 0 radical (unpaired) electrons. The smallest absolute Gasteiger partial charge is 0.328 e. The maximum absolute atomic E-state index is 12.9. The van der Waals surface area contributed by atoms with E-state index in [2.05, 4.69) is 17.1 Å². The average molecular weight is 363 g/mol. The van der Waals surface area contributed by atoms with Crippen LogP contribution in [0.1, 0.15) is 30.9 Å². The summed E-state index contributed by atoms with van der Waals surface area (Å²) in [5.74, 6) is 0.0311. The standard InChI is InChI=1S/C21H21N3O3/c25-19(23-13-6-11-17(23)15-7-2-1-3-8-15)12-14-24-18-10-5-4-9-16(18)20(26)22-21(24)27/h1-5,7-10,17H,6,11-14H2,(H,22,26,27). The molecule has 1 aliphatic heterocycles. The number of likely N-dealkylation sites (tertiary alicyclic amines) is 1. The highest BCUT2D eigenvalue weighted by molar-refractivity contribution is 5.79. The third-order valence-electron chi connectivity index (χ3n) is 5.21. The van der Waals surface area contributed by atoms with Gasteiger partial charge in [-0.3, -0.25) is 19.1 Å². The number of fused-ring (bicyclic) bond motifs is 1. The molecule has 1 amide bonds. The molecule has 0 spiro atoms. The molecule has 0 saturated carbocycles. The molecular weight excluding hydrogens is 342 g/mol. The van der Waals surface area contributed by atoms with E-state index in [9.17, 15) is 14.4 Å². The van der Waals surface area contributed by atoms with Crippen molar-refractivity contribution in [3.8, 4) is 0 Å². The normalized spacial score (nSPS) is 16.7. The van der Waals surface area contributed by atoms with Gasteiger partial charge in [-0.1, -0.05) is 42.5 Å². The Kier molecular flexibility index (Phi) is 4.62. The fourth-order valence-electron chi connectivity index (χ4n) is 3.90. The van der Waals surface area contributed by atoms with Crippen LogP contribution in [0.3, 0.4) is 0 Å². The maximum Gasteiger partial charge on any atom is 0.328 e. The summed E-state index contributed by atoms with van der Waals surface area (Å²) in [4.78, 5) is 41.3. The monoisotopic (exact) mass is 363 g/mol. The average Bonchev–Trinajstić information content (AvgIpc) is 3.18. The lowest BCUT2D eigenvalue weighted by Gasteiger charge is -2.25. The van der Waals surface area contributed by atoms with Gasteiger partial charge >= 0.3 is 5.69 Å². The number of aromatic nitrogens is 2. The van der Waals surface area contributed by atoms with Gasteiger partial charge in [-0.25, -0.2) is 4.79 Å². The number of aromatic amines is 1. The van der Waals surface area contributed by atoms with Gasteiger partial charge in [0.1, 0.15) is 0 Å². The lowest BCUT2D eigenvalue weighted by atomic mass is 10.0. The molecule has 0 bridgehead atoms. The van der Waals surface area contributed by atoms with E-state index in [1.165, 1.54) is 4.57 Å². The summed E-state index contributed by atoms with van der Waals surface area (Å²) in [5.41, 5.74) is 0.824. The van der Waals surface area contributed by atoms with E-state index < -0.39 is 11.2 Å². The van der Waals surface area contributed by atoms with Crippen molar-refractivity contribution in [1.29, 1.82) is 0 Å². The Bertz CT molecular complexity index is 1090. The maximum atomic E-state index is 12.9. The van der Waals surface area contributed by atoms with Crippen molar-refractivity contribution in [3.05, 3.63) is 81.0 Å². The van der Waals surface area contributed by atoms with E-state index in [1.807, 2.05) is 23.1 Å². The molecule has 2 heterocycles. The second-order valence-electron chi connectivity index (χ2n) is 6.83. The fraction of sp³-hybridized carbons (Fsp3) is 0.286. The van der Waals surface area contributed by atoms with Crippen LogP contribution in [0.25, 0.3) is 10.9 Å². The SMILES string of the molecule is O=C(CCn1c(=O)[nH]c(=O)c2ccccc21)N1CCCC1c1ccccc1. The van der Waals surface area contributed by atoms with Crippen molar-refractivity contribution in [3.63, 3.8) is 0 Å². The van der Waals surface area contributed by atoms with Crippen LogP contribution < -0.4 is 11.2 Å². The van der Waals surface area contributed by atoms with Crippen LogP contribution >= 0.6 is 0 Å². The minimum Gasteiger partial charge on any atom is -0.336 e. The van der Waals surface area contributed by atoms with Crippen molar-refractivity contribution in [2.75, 3.05) is 6.54 Å². The number of carbonyl (C=O) groups is 1. The number of hydrogen-bond acceptors (Lipinski definition) is 3. The lowest BCUT2D eigenvalue weighted by molar-refractivity contribution is -0.132.